The molecule has 3 saturated heterocycles. The lowest BCUT2D eigenvalue weighted by atomic mass is 9.70. The molecule has 1 unspecified atom stereocenters. The van der Waals surface area contributed by atoms with Crippen LogP contribution in [0.25, 0.3) is 0 Å². The largest absolute Gasteiger partial charge is 0.417 e. The van der Waals surface area contributed by atoms with Gasteiger partial charge in [0.15, 0.2) is 0 Å². The number of hydrogen-bond acceptors (Lipinski definition) is 4. The number of anilines is 1. The molecule has 1 atom stereocenters. The second kappa shape index (κ2) is 9.78. The second-order valence-corrected chi connectivity index (χ2v) is 10.4. The van der Waals surface area contributed by atoms with Crippen molar-refractivity contribution in [2.45, 2.75) is 38.4 Å². The molecule has 3 aliphatic heterocycles. The van der Waals surface area contributed by atoms with Gasteiger partial charge in [-0.15, -0.1) is 0 Å². The molecule has 0 N–H and O–H groups in total. The van der Waals surface area contributed by atoms with Gasteiger partial charge in [-0.25, -0.2) is 0 Å². The molecule has 3 fully saturated rings. The Hall–Kier alpha value is -3.05. The van der Waals surface area contributed by atoms with Gasteiger partial charge in [0.1, 0.15) is 0 Å². The van der Waals surface area contributed by atoms with Gasteiger partial charge in [-0.05, 0) is 54.9 Å². The molecule has 2 aromatic carbocycles. The van der Waals surface area contributed by atoms with Crippen molar-refractivity contribution in [1.29, 1.82) is 5.26 Å². The van der Waals surface area contributed by atoms with Gasteiger partial charge in [-0.3, -0.25) is 9.69 Å². The SMILES string of the molecule is N#Cc1ccc(N2CCC3(CC2)CN(Cc2ccccc2)CC3C(=O)N2CCCC2)cc1C(F)(F)F. The van der Waals surface area contributed by atoms with Crippen LogP contribution in [0.1, 0.15) is 42.4 Å². The van der Waals surface area contributed by atoms with E-state index in [9.17, 15) is 18.0 Å². The smallest absolute Gasteiger partial charge is 0.371 e. The summed E-state index contributed by atoms with van der Waals surface area (Å²) >= 11 is 0. The van der Waals surface area contributed by atoms with Gasteiger partial charge >= 0.3 is 6.18 Å². The summed E-state index contributed by atoms with van der Waals surface area (Å²) < 4.78 is 40.5. The molecule has 5 rings (SSSR count). The molecule has 8 heteroatoms. The highest BCUT2D eigenvalue weighted by Gasteiger charge is 2.52. The number of hydrogen-bond donors (Lipinski definition) is 0. The van der Waals surface area contributed by atoms with E-state index in [2.05, 4.69) is 17.0 Å². The molecule has 1 spiro atoms. The Morgan fingerprint density at radius 1 is 1.03 bits per heavy atom. The Labute approximate surface area is 210 Å². The van der Waals surface area contributed by atoms with Crippen molar-refractivity contribution in [3.8, 4) is 6.07 Å². The number of nitriles is 1. The van der Waals surface area contributed by atoms with E-state index < -0.39 is 11.7 Å². The minimum atomic E-state index is -4.57. The summed E-state index contributed by atoms with van der Waals surface area (Å²) in [5, 5.41) is 9.12. The van der Waals surface area contributed by atoms with Gasteiger partial charge in [0.05, 0.1) is 23.1 Å². The molecule has 3 heterocycles. The van der Waals surface area contributed by atoms with E-state index in [1.807, 2.05) is 28.0 Å². The second-order valence-electron chi connectivity index (χ2n) is 10.4. The van der Waals surface area contributed by atoms with E-state index in [-0.39, 0.29) is 22.8 Å². The molecule has 0 bridgehead atoms. The van der Waals surface area contributed by atoms with Crippen molar-refractivity contribution >= 4 is 11.6 Å². The summed E-state index contributed by atoms with van der Waals surface area (Å²) in [7, 11) is 0. The Kier molecular flexibility index (Phi) is 6.69. The topological polar surface area (TPSA) is 50.6 Å². The summed E-state index contributed by atoms with van der Waals surface area (Å²) in [6.07, 6.45) is -0.969. The van der Waals surface area contributed by atoms with Crippen LogP contribution in [0.5, 0.6) is 0 Å². The molecule has 5 nitrogen and oxygen atoms in total. The van der Waals surface area contributed by atoms with Gasteiger partial charge in [-0.1, -0.05) is 30.3 Å². The Balaban J connectivity index is 1.35. The highest BCUT2D eigenvalue weighted by molar-refractivity contribution is 5.80. The predicted molar refractivity (Wildman–Crippen MR) is 131 cm³/mol. The van der Waals surface area contributed by atoms with Crippen molar-refractivity contribution in [1.82, 2.24) is 9.80 Å². The molecule has 0 aromatic heterocycles. The molecule has 0 saturated carbocycles. The number of amides is 1. The monoisotopic (exact) mass is 496 g/mol. The van der Waals surface area contributed by atoms with Crippen LogP contribution < -0.4 is 4.90 Å². The first-order chi connectivity index (χ1) is 17.3. The van der Waals surface area contributed by atoms with Crippen LogP contribution in [0, 0.1) is 22.7 Å². The number of alkyl halides is 3. The lowest BCUT2D eigenvalue weighted by Crippen LogP contribution is -2.49. The molecule has 36 heavy (non-hydrogen) atoms. The third-order valence-electron chi connectivity index (χ3n) is 8.24. The highest BCUT2D eigenvalue weighted by Crippen LogP contribution is 2.47. The number of benzene rings is 2. The van der Waals surface area contributed by atoms with Crippen LogP contribution in [-0.4, -0.2) is 55.0 Å². The number of piperidine rings is 1. The van der Waals surface area contributed by atoms with E-state index in [1.165, 1.54) is 11.6 Å². The third-order valence-corrected chi connectivity index (χ3v) is 8.24. The summed E-state index contributed by atoms with van der Waals surface area (Å²) in [5.74, 6) is 0.155. The van der Waals surface area contributed by atoms with Crippen molar-refractivity contribution in [2.24, 2.45) is 11.3 Å². The highest BCUT2D eigenvalue weighted by atomic mass is 19.4. The summed E-state index contributed by atoms with van der Waals surface area (Å²) in [5.41, 5.74) is 0.280. The molecule has 2 aromatic rings. The van der Waals surface area contributed by atoms with Crippen LogP contribution in [0.3, 0.4) is 0 Å². The lowest BCUT2D eigenvalue weighted by Gasteiger charge is -2.44. The molecule has 0 radical (unpaired) electrons. The molecule has 3 aliphatic rings. The molecule has 1 amide bonds. The first kappa shape index (κ1) is 24.6. The number of rotatable bonds is 4. The number of carbonyl (C=O) groups is 1. The Bertz CT molecular complexity index is 1130. The van der Waals surface area contributed by atoms with Crippen molar-refractivity contribution in [3.05, 3.63) is 65.2 Å². The zero-order valence-electron chi connectivity index (χ0n) is 20.3. The maximum absolute atomic E-state index is 13.6. The van der Waals surface area contributed by atoms with Gasteiger partial charge in [-0.2, -0.15) is 18.4 Å². The Morgan fingerprint density at radius 2 is 1.72 bits per heavy atom. The molecule has 190 valence electrons. The van der Waals surface area contributed by atoms with Crippen LogP contribution in [0.15, 0.2) is 48.5 Å². The van der Waals surface area contributed by atoms with E-state index in [1.54, 1.807) is 12.1 Å². The van der Waals surface area contributed by atoms with Gasteiger partial charge < -0.3 is 9.80 Å². The fourth-order valence-corrected chi connectivity index (χ4v) is 6.31. The number of carbonyl (C=O) groups excluding carboxylic acids is 1. The zero-order chi connectivity index (χ0) is 25.3. The van der Waals surface area contributed by atoms with Crippen LogP contribution >= 0.6 is 0 Å². The summed E-state index contributed by atoms with van der Waals surface area (Å²) in [4.78, 5) is 20.0. The normalized spacial score (nSPS) is 22.2. The van der Waals surface area contributed by atoms with E-state index in [4.69, 9.17) is 5.26 Å². The molecular formula is C28H31F3N4O. The lowest BCUT2D eigenvalue weighted by molar-refractivity contribution is -0.138. The van der Waals surface area contributed by atoms with Gasteiger partial charge in [0, 0.05) is 51.5 Å². The fraction of sp³-hybridized carbons (Fsp3) is 0.500. The first-order valence-corrected chi connectivity index (χ1v) is 12.7. The fourth-order valence-electron chi connectivity index (χ4n) is 6.31. The van der Waals surface area contributed by atoms with Crippen LogP contribution in [0.4, 0.5) is 18.9 Å². The first-order valence-electron chi connectivity index (χ1n) is 12.7. The molecular weight excluding hydrogens is 465 g/mol. The van der Waals surface area contributed by atoms with E-state index in [0.717, 1.165) is 64.5 Å². The zero-order valence-corrected chi connectivity index (χ0v) is 20.3. The quantitative estimate of drug-likeness (QED) is 0.603. The third kappa shape index (κ3) is 4.81. The van der Waals surface area contributed by atoms with Gasteiger partial charge in [0.25, 0.3) is 0 Å². The van der Waals surface area contributed by atoms with Crippen LogP contribution in [0.2, 0.25) is 0 Å². The van der Waals surface area contributed by atoms with Crippen molar-refractivity contribution in [2.75, 3.05) is 44.2 Å². The number of likely N-dealkylation sites (tertiary alicyclic amines) is 2. The predicted octanol–water partition coefficient (Wildman–Crippen LogP) is 4.92. The van der Waals surface area contributed by atoms with Crippen molar-refractivity contribution in [3.63, 3.8) is 0 Å². The van der Waals surface area contributed by atoms with Gasteiger partial charge in [0.2, 0.25) is 5.91 Å². The minimum Gasteiger partial charge on any atom is -0.371 e. The number of nitrogens with zero attached hydrogens (tertiary/aromatic N) is 4. The average Bonchev–Trinajstić information content (AvgIpc) is 3.53. The van der Waals surface area contributed by atoms with Crippen LogP contribution in [-0.2, 0) is 17.5 Å². The number of halogens is 3. The summed E-state index contributed by atoms with van der Waals surface area (Å²) in [6, 6.07) is 15.9. The maximum Gasteiger partial charge on any atom is 0.417 e. The maximum atomic E-state index is 13.6. The Morgan fingerprint density at radius 3 is 2.36 bits per heavy atom. The summed E-state index contributed by atoms with van der Waals surface area (Å²) in [6.45, 7) is 5.16. The standard InChI is InChI=1S/C28H31F3N4O/c29-28(30,31)24-16-23(9-8-22(24)17-32)34-14-10-27(11-15-34)20-33(18-21-6-2-1-3-7-21)19-25(27)26(36)35-12-4-5-13-35/h1-3,6-9,16,25H,4-5,10-15,18-20H2. The van der Waals surface area contributed by atoms with Crippen molar-refractivity contribution < 1.29 is 18.0 Å². The molecule has 0 aliphatic carbocycles. The van der Waals surface area contributed by atoms with E-state index >= 15 is 0 Å². The van der Waals surface area contributed by atoms with E-state index in [0.29, 0.717) is 18.8 Å². The average molecular weight is 497 g/mol. The minimum absolute atomic E-state index is 0.0897.